The van der Waals surface area contributed by atoms with Crippen LogP contribution >= 0.6 is 11.8 Å². The Balaban J connectivity index is 1.81. The molecule has 0 saturated carbocycles. The molecule has 3 rings (SSSR count). The molecule has 5 nitrogen and oxygen atoms in total. The number of thioether (sulfide) groups is 1. The number of nitrogens with two attached hydrogens (primary N) is 1. The highest BCUT2D eigenvalue weighted by Crippen LogP contribution is 2.23. The minimum atomic E-state index is 0.641. The Bertz CT molecular complexity index is 632. The molecule has 0 fully saturated rings. The lowest BCUT2D eigenvalue weighted by Gasteiger charge is -1.91. The fourth-order valence-electron chi connectivity index (χ4n) is 1.51. The predicted molar refractivity (Wildman–Crippen MR) is 66.6 cm³/mol. The number of fused-ring (bicyclic) bond motifs is 1. The lowest BCUT2D eigenvalue weighted by atomic mass is 10.3. The summed E-state index contributed by atoms with van der Waals surface area (Å²) in [6, 6.07) is 5.44. The summed E-state index contributed by atoms with van der Waals surface area (Å²) in [5.74, 6) is 1.31. The monoisotopic (exact) mass is 246 g/mol. The Kier molecular flexibility index (Phi) is 2.49. The Morgan fingerprint density at radius 1 is 1.41 bits per heavy atom. The second-order valence-electron chi connectivity index (χ2n) is 3.52. The molecule has 0 saturated heterocycles. The van der Waals surface area contributed by atoms with Crippen LogP contribution in [0, 0.1) is 0 Å². The standard InChI is InChI=1S/C11H10N4OS/c12-7-1-2-9-8(5-7)15-10(16-9)6-17-11-13-3-4-14-11/h1-5H,6,12H2,(H,13,14). The molecule has 17 heavy (non-hydrogen) atoms. The van der Waals surface area contributed by atoms with Crippen molar-refractivity contribution in [3.63, 3.8) is 0 Å². The molecule has 1 aromatic carbocycles. The Morgan fingerprint density at radius 2 is 2.35 bits per heavy atom. The Labute approximate surface area is 101 Å². The molecule has 0 radical (unpaired) electrons. The van der Waals surface area contributed by atoms with Gasteiger partial charge in [-0.15, -0.1) is 0 Å². The van der Waals surface area contributed by atoms with E-state index >= 15 is 0 Å². The number of hydrogen-bond acceptors (Lipinski definition) is 5. The van der Waals surface area contributed by atoms with Crippen molar-refractivity contribution in [3.8, 4) is 0 Å². The summed E-state index contributed by atoms with van der Waals surface area (Å²) in [7, 11) is 0. The molecular weight excluding hydrogens is 236 g/mol. The van der Waals surface area contributed by atoms with Crippen molar-refractivity contribution in [2.24, 2.45) is 0 Å². The van der Waals surface area contributed by atoms with Crippen LogP contribution in [-0.2, 0) is 5.75 Å². The van der Waals surface area contributed by atoms with Crippen LogP contribution in [0.25, 0.3) is 11.1 Å². The van der Waals surface area contributed by atoms with Crippen LogP contribution in [-0.4, -0.2) is 15.0 Å². The average Bonchev–Trinajstić information content (AvgIpc) is 2.94. The third kappa shape index (κ3) is 2.12. The van der Waals surface area contributed by atoms with Crippen LogP contribution < -0.4 is 5.73 Å². The summed E-state index contributed by atoms with van der Waals surface area (Å²) < 4.78 is 5.59. The lowest BCUT2D eigenvalue weighted by Crippen LogP contribution is -1.83. The van der Waals surface area contributed by atoms with Gasteiger partial charge in [-0.3, -0.25) is 0 Å². The van der Waals surface area contributed by atoms with E-state index in [4.69, 9.17) is 10.2 Å². The summed E-state index contributed by atoms with van der Waals surface area (Å²) in [6.45, 7) is 0. The molecule has 0 aliphatic carbocycles. The molecule has 0 aliphatic rings. The van der Waals surface area contributed by atoms with E-state index in [2.05, 4.69) is 15.0 Å². The van der Waals surface area contributed by atoms with Crippen molar-refractivity contribution in [3.05, 3.63) is 36.5 Å². The Hall–Kier alpha value is -1.95. The van der Waals surface area contributed by atoms with E-state index in [1.54, 1.807) is 36.3 Å². The zero-order chi connectivity index (χ0) is 11.7. The van der Waals surface area contributed by atoms with Crippen LogP contribution in [0.15, 0.2) is 40.2 Å². The molecule has 86 valence electrons. The fraction of sp³-hybridized carbons (Fsp3) is 0.0909. The molecular formula is C11H10N4OS. The van der Waals surface area contributed by atoms with E-state index in [9.17, 15) is 0 Å². The van der Waals surface area contributed by atoms with Crippen LogP contribution in [0.4, 0.5) is 5.69 Å². The number of oxazole rings is 1. The van der Waals surface area contributed by atoms with E-state index in [-0.39, 0.29) is 0 Å². The zero-order valence-corrected chi connectivity index (χ0v) is 9.70. The summed E-state index contributed by atoms with van der Waals surface area (Å²) in [5.41, 5.74) is 7.92. The number of hydrogen-bond donors (Lipinski definition) is 2. The number of anilines is 1. The maximum absolute atomic E-state index is 5.68. The molecule has 3 aromatic rings. The van der Waals surface area contributed by atoms with Crippen molar-refractivity contribution in [1.29, 1.82) is 0 Å². The fourth-order valence-corrected chi connectivity index (χ4v) is 2.18. The normalized spacial score (nSPS) is 11.1. The molecule has 0 unspecified atom stereocenters. The number of aromatic amines is 1. The van der Waals surface area contributed by atoms with E-state index in [1.807, 2.05) is 6.07 Å². The van der Waals surface area contributed by atoms with Crippen molar-refractivity contribution >= 4 is 28.5 Å². The van der Waals surface area contributed by atoms with Gasteiger partial charge in [0.25, 0.3) is 0 Å². The summed E-state index contributed by atoms with van der Waals surface area (Å²) in [6.07, 6.45) is 3.50. The first-order valence-electron chi connectivity index (χ1n) is 5.08. The van der Waals surface area contributed by atoms with Crippen LogP contribution in [0.3, 0.4) is 0 Å². The minimum Gasteiger partial charge on any atom is -0.440 e. The van der Waals surface area contributed by atoms with Crippen molar-refractivity contribution in [1.82, 2.24) is 15.0 Å². The first kappa shape index (κ1) is 10.2. The van der Waals surface area contributed by atoms with Gasteiger partial charge in [-0.05, 0) is 18.2 Å². The van der Waals surface area contributed by atoms with Gasteiger partial charge in [-0.2, -0.15) is 0 Å². The van der Waals surface area contributed by atoms with Crippen LogP contribution in [0.2, 0.25) is 0 Å². The quantitative estimate of drug-likeness (QED) is 0.548. The second kappa shape index (κ2) is 4.14. The van der Waals surface area contributed by atoms with Gasteiger partial charge >= 0.3 is 0 Å². The summed E-state index contributed by atoms with van der Waals surface area (Å²) in [5, 5.41) is 0.853. The smallest absolute Gasteiger partial charge is 0.205 e. The number of imidazole rings is 1. The molecule has 0 spiro atoms. The van der Waals surface area contributed by atoms with Crippen LogP contribution in [0.1, 0.15) is 5.89 Å². The third-order valence-electron chi connectivity index (χ3n) is 2.26. The van der Waals surface area contributed by atoms with E-state index < -0.39 is 0 Å². The number of aromatic nitrogens is 3. The van der Waals surface area contributed by atoms with Crippen molar-refractivity contribution in [2.75, 3.05) is 5.73 Å². The minimum absolute atomic E-state index is 0.641. The first-order chi connectivity index (χ1) is 8.31. The topological polar surface area (TPSA) is 80.7 Å². The van der Waals surface area contributed by atoms with Gasteiger partial charge in [0, 0.05) is 18.1 Å². The molecule has 0 bridgehead atoms. The number of rotatable bonds is 3. The largest absolute Gasteiger partial charge is 0.440 e. The summed E-state index contributed by atoms with van der Waals surface area (Å²) >= 11 is 1.55. The number of nitrogen functional groups attached to an aromatic ring is 1. The van der Waals surface area contributed by atoms with Gasteiger partial charge < -0.3 is 15.1 Å². The maximum Gasteiger partial charge on any atom is 0.205 e. The van der Waals surface area contributed by atoms with Crippen molar-refractivity contribution < 1.29 is 4.42 Å². The van der Waals surface area contributed by atoms with Crippen LogP contribution in [0.5, 0.6) is 0 Å². The molecule has 6 heteroatoms. The molecule has 0 atom stereocenters. The molecule has 0 aliphatic heterocycles. The molecule has 2 heterocycles. The predicted octanol–water partition coefficient (Wildman–Crippen LogP) is 2.43. The first-order valence-corrected chi connectivity index (χ1v) is 6.07. The average molecular weight is 246 g/mol. The highest BCUT2D eigenvalue weighted by atomic mass is 32.2. The van der Waals surface area contributed by atoms with E-state index in [0.29, 0.717) is 17.3 Å². The second-order valence-corrected chi connectivity index (χ2v) is 4.48. The highest BCUT2D eigenvalue weighted by molar-refractivity contribution is 7.98. The number of nitrogens with zero attached hydrogens (tertiary/aromatic N) is 2. The van der Waals surface area contributed by atoms with Gasteiger partial charge in [0.1, 0.15) is 5.52 Å². The maximum atomic E-state index is 5.68. The van der Waals surface area contributed by atoms with Crippen molar-refractivity contribution in [2.45, 2.75) is 10.9 Å². The third-order valence-corrected chi connectivity index (χ3v) is 3.15. The SMILES string of the molecule is Nc1ccc2oc(CSc3ncc[nH]3)nc2c1. The lowest BCUT2D eigenvalue weighted by molar-refractivity contribution is 0.556. The number of nitrogens with one attached hydrogen (secondary N) is 1. The van der Waals surface area contributed by atoms with E-state index in [0.717, 1.165) is 16.3 Å². The number of H-pyrrole nitrogens is 1. The zero-order valence-electron chi connectivity index (χ0n) is 8.88. The Morgan fingerprint density at radius 3 is 3.18 bits per heavy atom. The van der Waals surface area contributed by atoms with Gasteiger partial charge in [0.2, 0.25) is 5.89 Å². The summed E-state index contributed by atoms with van der Waals surface area (Å²) in [4.78, 5) is 11.5. The molecule has 2 aromatic heterocycles. The van der Waals surface area contributed by atoms with Gasteiger partial charge in [0.05, 0.1) is 5.75 Å². The van der Waals surface area contributed by atoms with Gasteiger partial charge in [0.15, 0.2) is 10.7 Å². The van der Waals surface area contributed by atoms with Gasteiger partial charge in [-0.25, -0.2) is 9.97 Å². The highest BCUT2D eigenvalue weighted by Gasteiger charge is 2.07. The molecule has 0 amide bonds. The molecule has 3 N–H and O–H groups in total. The van der Waals surface area contributed by atoms with Gasteiger partial charge in [-0.1, -0.05) is 11.8 Å². The number of benzene rings is 1. The van der Waals surface area contributed by atoms with E-state index in [1.165, 1.54) is 0 Å².